The number of hydrogen-bond acceptors (Lipinski definition) is 4. The Morgan fingerprint density at radius 2 is 2.14 bits per heavy atom. The number of anilines is 1. The Bertz CT molecular complexity index is 487. The molecular weight excluding hydrogens is 262 g/mol. The van der Waals surface area contributed by atoms with E-state index >= 15 is 0 Å². The first-order chi connectivity index (χ1) is 10.2. The molecule has 2 atom stereocenters. The first kappa shape index (κ1) is 14.8. The van der Waals surface area contributed by atoms with E-state index in [1.807, 2.05) is 7.11 Å². The summed E-state index contributed by atoms with van der Waals surface area (Å²) in [5.74, 6) is 1.73. The monoisotopic (exact) mass is 289 g/mol. The van der Waals surface area contributed by atoms with Gasteiger partial charge in [0, 0.05) is 38.5 Å². The summed E-state index contributed by atoms with van der Waals surface area (Å²) in [6.07, 6.45) is 4.14. The highest BCUT2D eigenvalue weighted by molar-refractivity contribution is 5.42. The molecule has 1 aliphatic heterocycles. The average Bonchev–Trinajstić information content (AvgIpc) is 3.31. The van der Waals surface area contributed by atoms with E-state index in [1.165, 1.54) is 24.8 Å². The molecule has 2 fully saturated rings. The third kappa shape index (κ3) is 3.55. The van der Waals surface area contributed by atoms with E-state index in [9.17, 15) is 0 Å². The number of nitrogens with zero attached hydrogens (tertiary/aromatic N) is 2. The molecule has 1 saturated carbocycles. The zero-order chi connectivity index (χ0) is 14.8. The molecule has 1 N–H and O–H groups in total. The highest BCUT2D eigenvalue weighted by Crippen LogP contribution is 2.25. The van der Waals surface area contributed by atoms with Crippen LogP contribution >= 0.6 is 0 Å². The zero-order valence-electron chi connectivity index (χ0n) is 13.4. The molecule has 1 aromatic rings. The van der Waals surface area contributed by atoms with Crippen LogP contribution < -0.4 is 10.2 Å². The third-order valence-electron chi connectivity index (χ3n) is 4.86. The fraction of sp³-hybridized carbons (Fsp3) is 0.706. The van der Waals surface area contributed by atoms with Gasteiger partial charge in [0.1, 0.15) is 5.82 Å². The summed E-state index contributed by atoms with van der Waals surface area (Å²) >= 11 is 0. The van der Waals surface area contributed by atoms with Crippen LogP contribution in [0, 0.1) is 12.8 Å². The van der Waals surface area contributed by atoms with Gasteiger partial charge >= 0.3 is 0 Å². The van der Waals surface area contributed by atoms with Crippen molar-refractivity contribution in [3.8, 4) is 0 Å². The van der Waals surface area contributed by atoms with Gasteiger partial charge in [0.15, 0.2) is 0 Å². The number of rotatable bonds is 5. The van der Waals surface area contributed by atoms with Gasteiger partial charge in [-0.05, 0) is 43.7 Å². The van der Waals surface area contributed by atoms with Crippen LogP contribution in [-0.2, 0) is 11.3 Å². The Hall–Kier alpha value is -1.13. The molecule has 2 heterocycles. The maximum absolute atomic E-state index is 5.60. The van der Waals surface area contributed by atoms with Crippen LogP contribution in [0.25, 0.3) is 0 Å². The van der Waals surface area contributed by atoms with Gasteiger partial charge in [0.25, 0.3) is 0 Å². The normalized spacial score (nSPS) is 26.1. The number of pyridine rings is 1. The number of nitrogens with one attached hydrogen (secondary N) is 1. The highest BCUT2D eigenvalue weighted by Gasteiger charge is 2.27. The Kier molecular flexibility index (Phi) is 4.45. The van der Waals surface area contributed by atoms with Crippen molar-refractivity contribution in [2.45, 2.75) is 51.8 Å². The topological polar surface area (TPSA) is 37.4 Å². The number of piperidine rings is 1. The molecular formula is C17H27N3O. The maximum Gasteiger partial charge on any atom is 0.128 e. The van der Waals surface area contributed by atoms with Gasteiger partial charge in [-0.25, -0.2) is 4.98 Å². The Morgan fingerprint density at radius 3 is 2.81 bits per heavy atom. The van der Waals surface area contributed by atoms with Crippen LogP contribution in [0.3, 0.4) is 0 Å². The number of aryl methyl sites for hydroxylation is 1. The zero-order valence-corrected chi connectivity index (χ0v) is 13.4. The number of ether oxygens (including phenoxy) is 1. The lowest BCUT2D eigenvalue weighted by molar-refractivity contribution is 0.0496. The van der Waals surface area contributed by atoms with Crippen molar-refractivity contribution in [1.82, 2.24) is 10.3 Å². The van der Waals surface area contributed by atoms with Crippen LogP contribution in [-0.4, -0.2) is 37.3 Å². The third-order valence-corrected chi connectivity index (χ3v) is 4.86. The van der Waals surface area contributed by atoms with Crippen molar-refractivity contribution >= 4 is 5.82 Å². The molecule has 0 bridgehead atoms. The van der Waals surface area contributed by atoms with Crippen molar-refractivity contribution < 1.29 is 4.74 Å². The number of hydrogen-bond donors (Lipinski definition) is 1. The summed E-state index contributed by atoms with van der Waals surface area (Å²) in [5.41, 5.74) is 2.47. The Balaban J connectivity index is 1.66. The lowest BCUT2D eigenvalue weighted by atomic mass is 9.96. The lowest BCUT2D eigenvalue weighted by Gasteiger charge is -2.37. The van der Waals surface area contributed by atoms with Crippen molar-refractivity contribution in [3.63, 3.8) is 0 Å². The first-order valence-corrected chi connectivity index (χ1v) is 8.15. The van der Waals surface area contributed by atoms with Crippen LogP contribution in [0.15, 0.2) is 12.1 Å². The second-order valence-corrected chi connectivity index (χ2v) is 6.56. The molecule has 4 nitrogen and oxygen atoms in total. The van der Waals surface area contributed by atoms with Crippen LogP contribution in [0.2, 0.25) is 0 Å². The van der Waals surface area contributed by atoms with Crippen molar-refractivity contribution in [2.75, 3.05) is 25.1 Å². The first-order valence-electron chi connectivity index (χ1n) is 8.15. The van der Waals surface area contributed by atoms with E-state index in [1.54, 1.807) is 0 Å². The molecule has 1 aliphatic carbocycles. The summed E-state index contributed by atoms with van der Waals surface area (Å²) < 4.78 is 5.60. The van der Waals surface area contributed by atoms with Crippen molar-refractivity contribution in [2.24, 2.45) is 5.92 Å². The van der Waals surface area contributed by atoms with Crippen LogP contribution in [0.4, 0.5) is 5.82 Å². The minimum atomic E-state index is 0.317. The molecule has 21 heavy (non-hydrogen) atoms. The predicted molar refractivity (Wildman–Crippen MR) is 85.6 cm³/mol. The summed E-state index contributed by atoms with van der Waals surface area (Å²) in [6.45, 7) is 7.36. The van der Waals surface area contributed by atoms with E-state index in [0.717, 1.165) is 37.2 Å². The number of methoxy groups -OCH3 is 1. The Morgan fingerprint density at radius 1 is 1.33 bits per heavy atom. The molecule has 4 heteroatoms. The van der Waals surface area contributed by atoms with Crippen molar-refractivity contribution in [1.29, 1.82) is 0 Å². The van der Waals surface area contributed by atoms with Crippen molar-refractivity contribution in [3.05, 3.63) is 23.4 Å². The maximum atomic E-state index is 5.60. The van der Waals surface area contributed by atoms with E-state index in [0.29, 0.717) is 12.0 Å². The molecule has 2 unspecified atom stereocenters. The van der Waals surface area contributed by atoms with Gasteiger partial charge in [0.2, 0.25) is 0 Å². The van der Waals surface area contributed by atoms with Crippen LogP contribution in [0.5, 0.6) is 0 Å². The van der Waals surface area contributed by atoms with Gasteiger partial charge in [-0.2, -0.15) is 0 Å². The molecule has 1 aromatic heterocycles. The molecule has 116 valence electrons. The molecule has 2 aliphatic rings. The van der Waals surface area contributed by atoms with Gasteiger partial charge in [-0.15, -0.1) is 0 Å². The van der Waals surface area contributed by atoms with Gasteiger partial charge in [-0.3, -0.25) is 0 Å². The smallest absolute Gasteiger partial charge is 0.128 e. The summed E-state index contributed by atoms with van der Waals surface area (Å²) in [6, 6.07) is 5.14. The minimum Gasteiger partial charge on any atom is -0.379 e. The largest absolute Gasteiger partial charge is 0.379 e. The standard InChI is InChI=1S/C17H27N3O/c1-12-8-9-20(11-16(12)21-3)17-7-4-14(13(2)19-17)10-18-15-5-6-15/h4,7,12,15-16,18H,5-6,8-11H2,1-3H3. The molecule has 0 amide bonds. The molecule has 3 rings (SSSR count). The average molecular weight is 289 g/mol. The molecule has 1 saturated heterocycles. The van der Waals surface area contributed by atoms with E-state index in [4.69, 9.17) is 9.72 Å². The summed E-state index contributed by atoms with van der Waals surface area (Å²) in [5, 5.41) is 3.56. The molecule has 0 aromatic carbocycles. The van der Waals surface area contributed by atoms with Gasteiger partial charge in [0.05, 0.1) is 6.10 Å². The fourth-order valence-electron chi connectivity index (χ4n) is 3.03. The second-order valence-electron chi connectivity index (χ2n) is 6.56. The van der Waals surface area contributed by atoms with E-state index < -0.39 is 0 Å². The van der Waals surface area contributed by atoms with E-state index in [-0.39, 0.29) is 0 Å². The lowest BCUT2D eigenvalue weighted by Crippen LogP contribution is -2.44. The molecule has 0 spiro atoms. The highest BCUT2D eigenvalue weighted by atomic mass is 16.5. The van der Waals surface area contributed by atoms with Crippen LogP contribution in [0.1, 0.15) is 37.4 Å². The molecule has 0 radical (unpaired) electrons. The fourth-order valence-corrected chi connectivity index (χ4v) is 3.03. The SMILES string of the molecule is COC1CN(c2ccc(CNC3CC3)c(C)n2)CCC1C. The quantitative estimate of drug-likeness (QED) is 0.904. The van der Waals surface area contributed by atoms with Gasteiger partial charge < -0.3 is 15.0 Å². The summed E-state index contributed by atoms with van der Waals surface area (Å²) in [7, 11) is 1.82. The Labute approximate surface area is 127 Å². The summed E-state index contributed by atoms with van der Waals surface area (Å²) in [4.78, 5) is 7.18. The second kappa shape index (κ2) is 6.32. The minimum absolute atomic E-state index is 0.317. The number of aromatic nitrogens is 1. The van der Waals surface area contributed by atoms with E-state index in [2.05, 4.69) is 36.2 Å². The predicted octanol–water partition coefficient (Wildman–Crippen LogP) is 2.50. The van der Waals surface area contributed by atoms with Gasteiger partial charge in [-0.1, -0.05) is 13.0 Å².